The SMILES string of the molecule is CCc1ccc(C2C(C(=O)O)CCC(=O)N2C(C)C)s1. The molecular weight excluding hydrogens is 274 g/mol. The molecule has 1 N–H and O–H groups in total. The molecule has 1 fully saturated rings. The van der Waals surface area contributed by atoms with Gasteiger partial charge in [-0.3, -0.25) is 9.59 Å². The summed E-state index contributed by atoms with van der Waals surface area (Å²) < 4.78 is 0. The third-order valence-corrected chi connectivity index (χ3v) is 5.13. The Morgan fingerprint density at radius 3 is 2.70 bits per heavy atom. The molecule has 1 aromatic rings. The Hall–Kier alpha value is -1.36. The molecule has 2 atom stereocenters. The van der Waals surface area contributed by atoms with Gasteiger partial charge in [0.25, 0.3) is 0 Å². The number of aliphatic carboxylic acids is 1. The minimum atomic E-state index is -0.806. The van der Waals surface area contributed by atoms with E-state index >= 15 is 0 Å². The van der Waals surface area contributed by atoms with E-state index in [2.05, 4.69) is 6.92 Å². The van der Waals surface area contributed by atoms with Crippen molar-refractivity contribution in [2.75, 3.05) is 0 Å². The van der Waals surface area contributed by atoms with Crippen LogP contribution in [0.5, 0.6) is 0 Å². The van der Waals surface area contributed by atoms with E-state index in [0.717, 1.165) is 11.3 Å². The summed E-state index contributed by atoms with van der Waals surface area (Å²) >= 11 is 1.63. The Bertz CT molecular complexity index is 509. The summed E-state index contributed by atoms with van der Waals surface area (Å²) in [6.07, 6.45) is 1.70. The molecule has 1 aliphatic rings. The van der Waals surface area contributed by atoms with Crippen LogP contribution in [0.15, 0.2) is 12.1 Å². The molecule has 5 heteroatoms. The van der Waals surface area contributed by atoms with Crippen molar-refractivity contribution in [3.8, 4) is 0 Å². The number of piperidine rings is 1. The van der Waals surface area contributed by atoms with Gasteiger partial charge in [0.2, 0.25) is 5.91 Å². The van der Waals surface area contributed by atoms with E-state index in [4.69, 9.17) is 0 Å². The van der Waals surface area contributed by atoms with Crippen molar-refractivity contribution in [3.05, 3.63) is 21.9 Å². The van der Waals surface area contributed by atoms with E-state index in [1.807, 2.05) is 26.0 Å². The number of hydrogen-bond acceptors (Lipinski definition) is 3. The number of nitrogens with zero attached hydrogens (tertiary/aromatic N) is 1. The van der Waals surface area contributed by atoms with Gasteiger partial charge < -0.3 is 10.0 Å². The topological polar surface area (TPSA) is 57.6 Å². The Morgan fingerprint density at radius 2 is 2.20 bits per heavy atom. The highest BCUT2D eigenvalue weighted by Gasteiger charge is 2.42. The molecule has 0 aromatic carbocycles. The van der Waals surface area contributed by atoms with E-state index in [0.29, 0.717) is 12.8 Å². The molecule has 0 spiro atoms. The van der Waals surface area contributed by atoms with Crippen LogP contribution in [0.2, 0.25) is 0 Å². The van der Waals surface area contributed by atoms with E-state index in [-0.39, 0.29) is 18.0 Å². The highest BCUT2D eigenvalue weighted by Crippen LogP contribution is 2.41. The average molecular weight is 295 g/mol. The van der Waals surface area contributed by atoms with Crippen LogP contribution in [-0.2, 0) is 16.0 Å². The lowest BCUT2D eigenvalue weighted by molar-refractivity contribution is -0.153. The van der Waals surface area contributed by atoms with Gasteiger partial charge in [-0.25, -0.2) is 0 Å². The van der Waals surface area contributed by atoms with Gasteiger partial charge in [0.05, 0.1) is 12.0 Å². The quantitative estimate of drug-likeness (QED) is 0.928. The second-order valence-corrected chi connectivity index (χ2v) is 6.68. The van der Waals surface area contributed by atoms with Gasteiger partial charge in [0, 0.05) is 22.2 Å². The molecular formula is C15H21NO3S. The molecule has 0 radical (unpaired) electrons. The predicted molar refractivity (Wildman–Crippen MR) is 78.8 cm³/mol. The normalized spacial score (nSPS) is 23.4. The summed E-state index contributed by atoms with van der Waals surface area (Å²) in [4.78, 5) is 27.7. The number of hydrogen-bond donors (Lipinski definition) is 1. The molecule has 2 unspecified atom stereocenters. The Morgan fingerprint density at radius 1 is 1.50 bits per heavy atom. The standard InChI is InChI=1S/C15H21NO3S/c1-4-10-5-7-12(20-10)14-11(15(18)19)6-8-13(17)16(14)9(2)3/h5,7,9,11,14H,4,6,8H2,1-3H3,(H,18,19). The molecule has 110 valence electrons. The Balaban J connectivity index is 2.42. The summed E-state index contributed by atoms with van der Waals surface area (Å²) in [5.41, 5.74) is 0. The summed E-state index contributed by atoms with van der Waals surface area (Å²) in [6.45, 7) is 5.98. The van der Waals surface area contributed by atoms with Crippen LogP contribution in [0.4, 0.5) is 0 Å². The van der Waals surface area contributed by atoms with Crippen molar-refractivity contribution in [3.63, 3.8) is 0 Å². The van der Waals surface area contributed by atoms with Gasteiger partial charge in [-0.15, -0.1) is 11.3 Å². The molecule has 0 aliphatic carbocycles. The zero-order chi connectivity index (χ0) is 14.9. The van der Waals surface area contributed by atoms with Gasteiger partial charge in [0.15, 0.2) is 0 Å². The minimum Gasteiger partial charge on any atom is -0.481 e. The first kappa shape index (κ1) is 15.0. The third-order valence-electron chi connectivity index (χ3n) is 3.83. The second-order valence-electron chi connectivity index (χ2n) is 5.48. The molecule has 1 amide bonds. The smallest absolute Gasteiger partial charge is 0.308 e. The largest absolute Gasteiger partial charge is 0.481 e. The van der Waals surface area contributed by atoms with Crippen molar-refractivity contribution < 1.29 is 14.7 Å². The van der Waals surface area contributed by atoms with E-state index in [1.54, 1.807) is 16.2 Å². The number of carbonyl (C=O) groups is 2. The fourth-order valence-corrected chi connectivity index (χ4v) is 3.98. The van der Waals surface area contributed by atoms with Gasteiger partial charge in [0.1, 0.15) is 0 Å². The average Bonchev–Trinajstić information content (AvgIpc) is 2.85. The van der Waals surface area contributed by atoms with Gasteiger partial charge >= 0.3 is 5.97 Å². The van der Waals surface area contributed by atoms with Gasteiger partial charge in [-0.05, 0) is 38.8 Å². The van der Waals surface area contributed by atoms with Gasteiger partial charge in [-0.2, -0.15) is 0 Å². The summed E-state index contributed by atoms with van der Waals surface area (Å²) in [5.74, 6) is -1.24. The van der Waals surface area contributed by atoms with Crippen molar-refractivity contribution in [2.45, 2.75) is 52.1 Å². The number of thiophene rings is 1. The van der Waals surface area contributed by atoms with Crippen LogP contribution < -0.4 is 0 Å². The fourth-order valence-electron chi connectivity index (χ4n) is 2.86. The summed E-state index contributed by atoms with van der Waals surface area (Å²) in [6, 6.07) is 3.72. The molecule has 1 saturated heterocycles. The highest BCUT2D eigenvalue weighted by atomic mass is 32.1. The first-order valence-electron chi connectivity index (χ1n) is 7.08. The van der Waals surface area contributed by atoms with E-state index in [9.17, 15) is 14.7 Å². The molecule has 2 heterocycles. The number of amides is 1. The fraction of sp³-hybridized carbons (Fsp3) is 0.600. The molecule has 20 heavy (non-hydrogen) atoms. The zero-order valence-corrected chi connectivity index (χ0v) is 12.9. The van der Waals surface area contributed by atoms with E-state index in [1.165, 1.54) is 4.88 Å². The number of carboxylic acid groups (broad SMARTS) is 1. The van der Waals surface area contributed by atoms with Crippen LogP contribution in [0.1, 0.15) is 49.4 Å². The lowest BCUT2D eigenvalue weighted by Crippen LogP contribution is -2.48. The van der Waals surface area contributed by atoms with Crippen molar-refractivity contribution in [2.24, 2.45) is 5.92 Å². The predicted octanol–water partition coefficient (Wildman–Crippen LogP) is 3.08. The molecule has 4 nitrogen and oxygen atoms in total. The molecule has 1 aromatic heterocycles. The number of rotatable bonds is 4. The molecule has 2 rings (SSSR count). The Labute approximate surface area is 123 Å². The maximum Gasteiger partial charge on any atom is 0.308 e. The summed E-state index contributed by atoms with van der Waals surface area (Å²) in [7, 11) is 0. The minimum absolute atomic E-state index is 0.0156. The van der Waals surface area contributed by atoms with Crippen molar-refractivity contribution >= 4 is 23.2 Å². The van der Waals surface area contributed by atoms with Crippen LogP contribution >= 0.6 is 11.3 Å². The first-order valence-corrected chi connectivity index (χ1v) is 7.90. The van der Waals surface area contributed by atoms with Crippen molar-refractivity contribution in [1.82, 2.24) is 4.90 Å². The van der Waals surface area contributed by atoms with Gasteiger partial charge in [-0.1, -0.05) is 6.92 Å². The maximum atomic E-state index is 12.2. The van der Waals surface area contributed by atoms with Crippen molar-refractivity contribution in [1.29, 1.82) is 0 Å². The van der Waals surface area contributed by atoms with Crippen LogP contribution in [0, 0.1) is 5.92 Å². The molecule has 0 saturated carbocycles. The first-order chi connectivity index (χ1) is 9.45. The molecule has 1 aliphatic heterocycles. The number of likely N-dealkylation sites (tertiary alicyclic amines) is 1. The van der Waals surface area contributed by atoms with Crippen LogP contribution in [0.25, 0.3) is 0 Å². The number of carbonyl (C=O) groups excluding carboxylic acids is 1. The highest BCUT2D eigenvalue weighted by molar-refractivity contribution is 7.12. The second kappa shape index (κ2) is 5.95. The lowest BCUT2D eigenvalue weighted by Gasteiger charge is -2.41. The monoisotopic (exact) mass is 295 g/mol. The van der Waals surface area contributed by atoms with Crippen LogP contribution in [-0.4, -0.2) is 27.9 Å². The summed E-state index contributed by atoms with van der Waals surface area (Å²) in [5, 5.41) is 9.49. The third kappa shape index (κ3) is 2.73. The molecule has 0 bridgehead atoms. The maximum absolute atomic E-state index is 12.2. The van der Waals surface area contributed by atoms with Crippen LogP contribution in [0.3, 0.4) is 0 Å². The van der Waals surface area contributed by atoms with E-state index < -0.39 is 11.9 Å². The number of carboxylic acids is 1. The lowest BCUT2D eigenvalue weighted by atomic mass is 9.87. The Kier molecular flexibility index (Phi) is 4.48. The number of aryl methyl sites for hydroxylation is 1. The zero-order valence-electron chi connectivity index (χ0n) is 12.1.